The van der Waals surface area contributed by atoms with E-state index in [0.29, 0.717) is 43.8 Å². The molecule has 0 aliphatic heterocycles. The molecule has 28 heavy (non-hydrogen) atoms. The van der Waals surface area contributed by atoms with Crippen LogP contribution in [0, 0.1) is 59.5 Å². The Morgan fingerprint density at radius 3 is 1.75 bits per heavy atom. The lowest BCUT2D eigenvalue weighted by Crippen LogP contribution is -2.23. The molecule has 3 aromatic carbocycles. The van der Waals surface area contributed by atoms with Gasteiger partial charge in [-0.1, -0.05) is 48.2 Å². The molecule has 3 aromatic rings. The second-order valence-corrected chi connectivity index (χ2v) is 6.46. The molecule has 0 heterocycles. The standard InChI is InChI=1S/C26H8N2/c1-3-15-17-9-5-7-11-19(17)25-22(14-28)24-16(4-2)18-10-6-8-12-20(18)26(24)21(13-27)23(15)25/h1-2,5,7,9-12H. The van der Waals surface area contributed by atoms with Gasteiger partial charge in [0, 0.05) is 43.8 Å². The van der Waals surface area contributed by atoms with Crippen molar-refractivity contribution in [1.82, 2.24) is 0 Å². The topological polar surface area (TPSA) is 47.6 Å². The molecule has 2 aliphatic rings. The van der Waals surface area contributed by atoms with E-state index < -0.39 is 0 Å². The Balaban J connectivity index is 2.19. The van der Waals surface area contributed by atoms with E-state index in [1.807, 2.05) is 24.3 Å². The summed E-state index contributed by atoms with van der Waals surface area (Å²) in [6.45, 7) is 0. The van der Waals surface area contributed by atoms with Crippen LogP contribution in [-0.2, 0) is 0 Å². The molecule has 0 spiro atoms. The highest BCUT2D eigenvalue weighted by molar-refractivity contribution is 6.04. The summed E-state index contributed by atoms with van der Waals surface area (Å²) >= 11 is 0. The molecule has 0 aromatic heterocycles. The molecule has 0 saturated heterocycles. The SMILES string of the molecule is C#CC1=c2c(C#N)c3c(c(C#N)c2-c2cc#ccc21)=C(C#C)c1ccccc1-3. The van der Waals surface area contributed by atoms with E-state index in [1.54, 1.807) is 12.1 Å². The molecule has 0 fully saturated rings. The molecular weight excluding hydrogens is 340 g/mol. The average Bonchev–Trinajstić information content (AvgIpc) is 3.25. The maximum absolute atomic E-state index is 10.1. The number of rotatable bonds is 0. The van der Waals surface area contributed by atoms with Crippen molar-refractivity contribution >= 4 is 11.1 Å². The van der Waals surface area contributed by atoms with E-state index in [4.69, 9.17) is 12.8 Å². The zero-order chi connectivity index (χ0) is 19.4. The average molecular weight is 348 g/mol. The van der Waals surface area contributed by atoms with Crippen LogP contribution in [0.4, 0.5) is 0 Å². The fourth-order valence-electron chi connectivity index (χ4n) is 4.30. The van der Waals surface area contributed by atoms with Gasteiger partial charge in [0.15, 0.2) is 0 Å². The number of nitriles is 2. The van der Waals surface area contributed by atoms with Gasteiger partial charge in [0.05, 0.1) is 11.1 Å². The number of nitrogens with zero attached hydrogens (tertiary/aromatic N) is 2. The van der Waals surface area contributed by atoms with Crippen LogP contribution in [0.25, 0.3) is 33.4 Å². The zero-order valence-corrected chi connectivity index (χ0v) is 14.5. The van der Waals surface area contributed by atoms with Crippen LogP contribution in [0.3, 0.4) is 0 Å². The minimum atomic E-state index is 0.444. The van der Waals surface area contributed by atoms with Crippen LogP contribution in [0.15, 0.2) is 36.4 Å². The Labute approximate surface area is 162 Å². The first-order valence-electron chi connectivity index (χ1n) is 8.51. The van der Waals surface area contributed by atoms with Crippen molar-refractivity contribution in [2.45, 2.75) is 0 Å². The maximum atomic E-state index is 10.1. The van der Waals surface area contributed by atoms with Gasteiger partial charge in [-0.15, -0.1) is 12.8 Å². The second-order valence-electron chi connectivity index (χ2n) is 6.46. The third-order valence-corrected chi connectivity index (χ3v) is 5.32. The Morgan fingerprint density at radius 1 is 0.679 bits per heavy atom. The third-order valence-electron chi connectivity index (χ3n) is 5.32. The van der Waals surface area contributed by atoms with Gasteiger partial charge < -0.3 is 0 Å². The monoisotopic (exact) mass is 348 g/mol. The van der Waals surface area contributed by atoms with E-state index in [0.717, 1.165) is 22.3 Å². The molecular formula is C26H8N2. The first kappa shape index (κ1) is 15.6. The highest BCUT2D eigenvalue weighted by Gasteiger charge is 2.32. The van der Waals surface area contributed by atoms with Gasteiger partial charge in [0.25, 0.3) is 0 Å². The number of fused-ring (bicyclic) bond motifs is 6. The highest BCUT2D eigenvalue weighted by Crippen LogP contribution is 2.39. The number of hydrogen-bond acceptors (Lipinski definition) is 2. The van der Waals surface area contributed by atoms with Crippen molar-refractivity contribution in [2.24, 2.45) is 0 Å². The molecule has 0 unspecified atom stereocenters. The predicted octanol–water partition coefficient (Wildman–Crippen LogP) is 2.66. The summed E-state index contributed by atoms with van der Waals surface area (Å²) in [5.74, 6) is 5.46. The molecule has 0 saturated carbocycles. The molecule has 5 rings (SSSR count). The van der Waals surface area contributed by atoms with E-state index in [1.165, 1.54) is 0 Å². The van der Waals surface area contributed by atoms with Gasteiger partial charge >= 0.3 is 0 Å². The summed E-state index contributed by atoms with van der Waals surface area (Å²) in [7, 11) is 0. The van der Waals surface area contributed by atoms with Crippen LogP contribution in [0.5, 0.6) is 0 Å². The fraction of sp³-hybridized carbons (Fsp3) is 0. The lowest BCUT2D eigenvalue weighted by molar-refractivity contribution is 1.40. The van der Waals surface area contributed by atoms with Crippen molar-refractivity contribution in [1.29, 1.82) is 10.5 Å². The van der Waals surface area contributed by atoms with E-state index in [9.17, 15) is 10.5 Å². The van der Waals surface area contributed by atoms with Crippen molar-refractivity contribution in [3.8, 4) is 59.1 Å². The van der Waals surface area contributed by atoms with Crippen molar-refractivity contribution < 1.29 is 0 Å². The third kappa shape index (κ3) is 1.64. The van der Waals surface area contributed by atoms with Crippen molar-refractivity contribution in [3.05, 3.63) is 81.2 Å². The summed E-state index contributed by atoms with van der Waals surface area (Å²) in [4.78, 5) is 0. The number of hydrogen-bond donors (Lipinski definition) is 0. The van der Waals surface area contributed by atoms with Crippen molar-refractivity contribution in [3.63, 3.8) is 0 Å². The van der Waals surface area contributed by atoms with Crippen LogP contribution in [-0.4, -0.2) is 0 Å². The van der Waals surface area contributed by atoms with Crippen LogP contribution < -0.4 is 10.4 Å². The van der Waals surface area contributed by atoms with Crippen LogP contribution >= 0.6 is 0 Å². The van der Waals surface area contributed by atoms with Gasteiger partial charge in [0.1, 0.15) is 12.1 Å². The molecule has 2 heteroatoms. The first-order valence-corrected chi connectivity index (χ1v) is 8.51. The predicted molar refractivity (Wildman–Crippen MR) is 106 cm³/mol. The Morgan fingerprint density at radius 2 is 1.18 bits per heavy atom. The lowest BCUT2D eigenvalue weighted by atomic mass is 9.91. The van der Waals surface area contributed by atoms with Crippen LogP contribution in [0.2, 0.25) is 0 Å². The smallest absolute Gasteiger partial charge is 0.100 e. The molecule has 0 radical (unpaired) electrons. The first-order chi connectivity index (χ1) is 13.8. The van der Waals surface area contributed by atoms with E-state index in [-0.39, 0.29) is 0 Å². The fourth-order valence-corrected chi connectivity index (χ4v) is 4.30. The summed E-state index contributed by atoms with van der Waals surface area (Å²) in [6.07, 6.45) is 11.7. The molecule has 2 aliphatic carbocycles. The summed E-state index contributed by atoms with van der Waals surface area (Å²) in [5.41, 5.74) is 6.74. The molecule has 0 bridgehead atoms. The lowest BCUT2D eigenvalue weighted by Gasteiger charge is -2.08. The molecule has 0 N–H and O–H groups in total. The molecule has 122 valence electrons. The van der Waals surface area contributed by atoms with Gasteiger partial charge in [-0.3, -0.25) is 0 Å². The minimum absolute atomic E-state index is 0.444. The van der Waals surface area contributed by atoms with Gasteiger partial charge in [-0.05, 0) is 23.3 Å². The van der Waals surface area contributed by atoms with Gasteiger partial charge in [0.2, 0.25) is 0 Å². The summed E-state index contributed by atoms with van der Waals surface area (Å²) in [6, 6.07) is 21.6. The molecule has 2 nitrogen and oxygen atoms in total. The Bertz CT molecular complexity index is 1420. The number of terminal acetylenes is 2. The normalized spacial score (nSPS) is 11.7. The highest BCUT2D eigenvalue weighted by atomic mass is 14.4. The van der Waals surface area contributed by atoms with E-state index in [2.05, 4.69) is 36.1 Å². The Hall–Kier alpha value is -4.68. The van der Waals surface area contributed by atoms with Gasteiger partial charge in [-0.25, -0.2) is 0 Å². The molecule has 0 atom stereocenters. The second kappa shape index (κ2) is 5.41. The maximum Gasteiger partial charge on any atom is 0.100 e. The molecule has 0 amide bonds. The number of benzene rings is 2. The quantitative estimate of drug-likeness (QED) is 0.587. The minimum Gasteiger partial charge on any atom is -0.192 e. The zero-order valence-electron chi connectivity index (χ0n) is 14.5. The Kier molecular flexibility index (Phi) is 3.01. The van der Waals surface area contributed by atoms with Gasteiger partial charge in [-0.2, -0.15) is 10.5 Å². The largest absolute Gasteiger partial charge is 0.192 e. The summed E-state index contributed by atoms with van der Waals surface area (Å²) in [5, 5.41) is 21.5. The summed E-state index contributed by atoms with van der Waals surface area (Å²) < 4.78 is 0. The van der Waals surface area contributed by atoms with Crippen LogP contribution in [0.1, 0.15) is 22.3 Å². The van der Waals surface area contributed by atoms with E-state index >= 15 is 0 Å². The van der Waals surface area contributed by atoms with Crippen molar-refractivity contribution in [2.75, 3.05) is 0 Å².